The van der Waals surface area contributed by atoms with Crippen molar-refractivity contribution in [1.82, 2.24) is 4.98 Å². The first kappa shape index (κ1) is 14.0. The summed E-state index contributed by atoms with van der Waals surface area (Å²) in [7, 11) is 1.39. The summed E-state index contributed by atoms with van der Waals surface area (Å²) < 4.78 is 5.01. The number of aromatic nitrogens is 1. The summed E-state index contributed by atoms with van der Waals surface area (Å²) >= 11 is 0. The molecule has 1 heterocycles. The van der Waals surface area contributed by atoms with Crippen LogP contribution in [0.1, 0.15) is 29.6 Å². The molecule has 1 aromatic heterocycles. The number of pyridine rings is 1. The summed E-state index contributed by atoms with van der Waals surface area (Å²) in [5.41, 5.74) is 0.403. The Morgan fingerprint density at radius 2 is 2.15 bits per heavy atom. The zero-order chi connectivity index (χ0) is 14.7. The summed E-state index contributed by atoms with van der Waals surface area (Å²) in [6, 6.07) is 1.39. The van der Waals surface area contributed by atoms with E-state index in [2.05, 4.69) is 10.3 Å². The van der Waals surface area contributed by atoms with Crippen LogP contribution in [0.25, 0.3) is 0 Å². The third-order valence-corrected chi connectivity index (χ3v) is 2.97. The number of anilines is 1. The van der Waals surface area contributed by atoms with Crippen molar-refractivity contribution in [1.29, 1.82) is 0 Å². The molecule has 0 atom stereocenters. The predicted octanol–water partition coefficient (Wildman–Crippen LogP) is 1.10. The summed E-state index contributed by atoms with van der Waals surface area (Å²) in [6.45, 7) is 0. The normalized spacial score (nSPS) is 13.7. The smallest absolute Gasteiger partial charge is 0.394 e. The van der Waals surface area contributed by atoms with Gasteiger partial charge in [0.2, 0.25) is 5.88 Å². The van der Waals surface area contributed by atoms with E-state index in [4.69, 9.17) is 9.84 Å². The SMILES string of the molecule is COc1ncc(NC(=O)C(=O)O)cc1C(=O)CC1CC1. The highest BCUT2D eigenvalue weighted by Gasteiger charge is 2.27. The van der Waals surface area contributed by atoms with Gasteiger partial charge < -0.3 is 15.2 Å². The Morgan fingerprint density at radius 1 is 1.45 bits per heavy atom. The topological polar surface area (TPSA) is 106 Å². The van der Waals surface area contributed by atoms with Gasteiger partial charge in [0.1, 0.15) is 0 Å². The fraction of sp³-hybridized carbons (Fsp3) is 0.385. The average Bonchev–Trinajstić information content (AvgIpc) is 3.22. The van der Waals surface area contributed by atoms with Crippen molar-refractivity contribution in [2.75, 3.05) is 12.4 Å². The minimum Gasteiger partial charge on any atom is -0.480 e. The van der Waals surface area contributed by atoms with E-state index in [0.29, 0.717) is 12.3 Å². The van der Waals surface area contributed by atoms with E-state index in [-0.39, 0.29) is 22.9 Å². The molecule has 2 N–H and O–H groups in total. The monoisotopic (exact) mass is 278 g/mol. The second-order valence-electron chi connectivity index (χ2n) is 4.61. The number of hydrogen-bond donors (Lipinski definition) is 2. The van der Waals surface area contributed by atoms with Gasteiger partial charge >= 0.3 is 11.9 Å². The Bertz CT molecular complexity index is 566. The Kier molecular flexibility index (Phi) is 3.97. The zero-order valence-electron chi connectivity index (χ0n) is 10.9. The van der Waals surface area contributed by atoms with Gasteiger partial charge in [-0.2, -0.15) is 0 Å². The van der Waals surface area contributed by atoms with Crippen molar-refractivity contribution in [2.45, 2.75) is 19.3 Å². The van der Waals surface area contributed by atoms with E-state index in [1.807, 2.05) is 0 Å². The van der Waals surface area contributed by atoms with Crippen molar-refractivity contribution in [3.8, 4) is 5.88 Å². The first-order valence-corrected chi connectivity index (χ1v) is 6.12. The van der Waals surface area contributed by atoms with Gasteiger partial charge in [0.25, 0.3) is 0 Å². The number of nitrogens with zero attached hydrogens (tertiary/aromatic N) is 1. The lowest BCUT2D eigenvalue weighted by Gasteiger charge is -2.09. The largest absolute Gasteiger partial charge is 0.480 e. The molecular formula is C13H14N2O5. The molecule has 7 nitrogen and oxygen atoms in total. The Hall–Kier alpha value is -2.44. The van der Waals surface area contributed by atoms with Crippen molar-refractivity contribution in [2.24, 2.45) is 5.92 Å². The molecule has 0 radical (unpaired) electrons. The molecule has 0 aromatic carbocycles. The molecule has 0 spiro atoms. The highest BCUT2D eigenvalue weighted by Crippen LogP contribution is 2.34. The second-order valence-corrected chi connectivity index (χ2v) is 4.61. The van der Waals surface area contributed by atoms with Crippen LogP contribution in [0.15, 0.2) is 12.3 Å². The second kappa shape index (κ2) is 5.68. The molecule has 0 bridgehead atoms. The number of carboxylic acids is 1. The van der Waals surface area contributed by atoms with Crippen LogP contribution < -0.4 is 10.1 Å². The highest BCUT2D eigenvalue weighted by molar-refractivity contribution is 6.36. The van der Waals surface area contributed by atoms with Gasteiger partial charge in [-0.3, -0.25) is 9.59 Å². The molecule has 2 rings (SSSR count). The van der Waals surface area contributed by atoms with Crippen LogP contribution >= 0.6 is 0 Å². The molecule has 106 valence electrons. The molecule has 1 aromatic rings. The van der Waals surface area contributed by atoms with E-state index in [1.54, 1.807) is 0 Å². The number of carbonyl (C=O) groups excluding carboxylic acids is 2. The molecule has 1 saturated carbocycles. The van der Waals surface area contributed by atoms with Crippen LogP contribution in [-0.2, 0) is 9.59 Å². The fourth-order valence-electron chi connectivity index (χ4n) is 1.76. The molecule has 7 heteroatoms. The lowest BCUT2D eigenvalue weighted by molar-refractivity contribution is -0.147. The van der Waals surface area contributed by atoms with Gasteiger partial charge in [-0.15, -0.1) is 0 Å². The van der Waals surface area contributed by atoms with Gasteiger partial charge in [0.15, 0.2) is 5.78 Å². The number of nitrogens with one attached hydrogen (secondary N) is 1. The Labute approximate surface area is 115 Å². The fourth-order valence-corrected chi connectivity index (χ4v) is 1.76. The molecule has 1 aliphatic rings. The van der Waals surface area contributed by atoms with E-state index in [9.17, 15) is 14.4 Å². The Morgan fingerprint density at radius 3 is 2.70 bits per heavy atom. The molecule has 1 fully saturated rings. The van der Waals surface area contributed by atoms with Crippen molar-refractivity contribution < 1.29 is 24.2 Å². The number of Topliss-reactive ketones (excluding diaryl/α,β-unsaturated/α-hetero) is 1. The van der Waals surface area contributed by atoms with Gasteiger partial charge in [-0.25, -0.2) is 9.78 Å². The predicted molar refractivity (Wildman–Crippen MR) is 68.7 cm³/mol. The number of rotatable bonds is 5. The summed E-state index contributed by atoms with van der Waals surface area (Å²) in [5, 5.41) is 10.7. The molecule has 1 amide bonds. The molecular weight excluding hydrogens is 264 g/mol. The zero-order valence-corrected chi connectivity index (χ0v) is 10.9. The first-order valence-electron chi connectivity index (χ1n) is 6.12. The van der Waals surface area contributed by atoms with Gasteiger partial charge in [0.05, 0.1) is 24.6 Å². The van der Waals surface area contributed by atoms with Crippen LogP contribution in [0.3, 0.4) is 0 Å². The van der Waals surface area contributed by atoms with Crippen LogP contribution in [0, 0.1) is 5.92 Å². The van der Waals surface area contributed by atoms with Crippen LogP contribution in [0.2, 0.25) is 0 Å². The lowest BCUT2D eigenvalue weighted by Crippen LogP contribution is -2.22. The Balaban J connectivity index is 2.20. The standard InChI is InChI=1S/C13H14N2O5/c1-20-12-9(10(16)4-7-2-3-7)5-8(6-14-12)15-11(17)13(18)19/h5-7H,2-4H2,1H3,(H,15,17)(H,18,19). The number of hydrogen-bond acceptors (Lipinski definition) is 5. The van der Waals surface area contributed by atoms with Gasteiger partial charge in [-0.05, 0) is 24.8 Å². The first-order chi connectivity index (χ1) is 9.51. The maximum atomic E-state index is 12.1. The third-order valence-electron chi connectivity index (χ3n) is 2.97. The van der Waals surface area contributed by atoms with Gasteiger partial charge in [-0.1, -0.05) is 0 Å². The van der Waals surface area contributed by atoms with E-state index in [0.717, 1.165) is 12.8 Å². The van der Waals surface area contributed by atoms with Crippen molar-refractivity contribution >= 4 is 23.3 Å². The minimum atomic E-state index is -1.60. The molecule has 20 heavy (non-hydrogen) atoms. The number of ketones is 1. The molecule has 0 saturated heterocycles. The number of amides is 1. The van der Waals surface area contributed by atoms with E-state index in [1.165, 1.54) is 19.4 Å². The van der Waals surface area contributed by atoms with E-state index >= 15 is 0 Å². The number of carboxylic acid groups (broad SMARTS) is 1. The third kappa shape index (κ3) is 3.31. The molecule has 1 aliphatic carbocycles. The maximum Gasteiger partial charge on any atom is 0.394 e. The number of methoxy groups -OCH3 is 1. The highest BCUT2D eigenvalue weighted by atomic mass is 16.5. The van der Waals surface area contributed by atoms with Crippen molar-refractivity contribution in [3.63, 3.8) is 0 Å². The average molecular weight is 278 g/mol. The summed E-state index contributed by atoms with van der Waals surface area (Å²) in [6.07, 6.45) is 3.73. The van der Waals surface area contributed by atoms with Crippen LogP contribution in [0.4, 0.5) is 5.69 Å². The van der Waals surface area contributed by atoms with Gasteiger partial charge in [0, 0.05) is 6.42 Å². The van der Waals surface area contributed by atoms with Crippen molar-refractivity contribution in [3.05, 3.63) is 17.8 Å². The minimum absolute atomic E-state index is 0.122. The number of ether oxygens (including phenoxy) is 1. The molecule has 0 aliphatic heterocycles. The summed E-state index contributed by atoms with van der Waals surface area (Å²) in [5.74, 6) is -2.33. The van der Waals surface area contributed by atoms with Crippen LogP contribution in [0.5, 0.6) is 5.88 Å². The number of carbonyl (C=O) groups is 3. The van der Waals surface area contributed by atoms with E-state index < -0.39 is 11.9 Å². The quantitative estimate of drug-likeness (QED) is 0.617. The molecule has 0 unspecified atom stereocenters. The van der Waals surface area contributed by atoms with Crippen LogP contribution in [-0.4, -0.2) is 34.9 Å². The lowest BCUT2D eigenvalue weighted by atomic mass is 10.1. The number of aliphatic carboxylic acids is 1. The summed E-state index contributed by atoms with van der Waals surface area (Å²) in [4.78, 5) is 37.6. The maximum absolute atomic E-state index is 12.1.